The van der Waals surface area contributed by atoms with E-state index in [0.717, 1.165) is 38.4 Å². The van der Waals surface area contributed by atoms with Gasteiger partial charge in [0.15, 0.2) is 0 Å². The minimum Gasteiger partial charge on any atom is -0.342 e. The van der Waals surface area contributed by atoms with Crippen molar-refractivity contribution >= 4 is 5.91 Å². The average Bonchev–Trinajstić information content (AvgIpc) is 2.82. The molecule has 3 heteroatoms. The number of nitrogens with zero attached hydrogens (tertiary/aromatic N) is 1. The second-order valence-electron chi connectivity index (χ2n) is 6.02. The Labute approximate surface area is 112 Å². The molecule has 1 fully saturated rings. The summed E-state index contributed by atoms with van der Waals surface area (Å²) in [5.74, 6) is 2.32. The van der Waals surface area contributed by atoms with Crippen LogP contribution >= 0.6 is 0 Å². The van der Waals surface area contributed by atoms with Crippen LogP contribution in [0.1, 0.15) is 52.9 Å². The van der Waals surface area contributed by atoms with Crippen LogP contribution in [-0.4, -0.2) is 30.4 Å². The Morgan fingerprint density at radius 1 is 1.39 bits per heavy atom. The van der Waals surface area contributed by atoms with Crippen molar-refractivity contribution in [2.75, 3.05) is 19.6 Å². The summed E-state index contributed by atoms with van der Waals surface area (Å²) < 4.78 is 0. The van der Waals surface area contributed by atoms with Crippen molar-refractivity contribution in [3.8, 4) is 0 Å². The van der Waals surface area contributed by atoms with Crippen LogP contribution in [0.3, 0.4) is 0 Å². The smallest absolute Gasteiger partial charge is 0.222 e. The normalized spacial score (nSPS) is 21.6. The van der Waals surface area contributed by atoms with Crippen LogP contribution in [0.25, 0.3) is 0 Å². The summed E-state index contributed by atoms with van der Waals surface area (Å²) in [7, 11) is 0. The second kappa shape index (κ2) is 7.78. The Morgan fingerprint density at radius 3 is 2.61 bits per heavy atom. The minimum absolute atomic E-state index is 0.355. The highest BCUT2D eigenvalue weighted by atomic mass is 16.2. The first-order chi connectivity index (χ1) is 8.58. The van der Waals surface area contributed by atoms with E-state index in [0.29, 0.717) is 24.2 Å². The van der Waals surface area contributed by atoms with E-state index in [2.05, 4.69) is 25.7 Å². The first kappa shape index (κ1) is 15.5. The highest BCUT2D eigenvalue weighted by Gasteiger charge is 2.25. The van der Waals surface area contributed by atoms with Crippen molar-refractivity contribution < 1.29 is 4.79 Å². The van der Waals surface area contributed by atoms with Gasteiger partial charge in [-0.05, 0) is 43.6 Å². The van der Waals surface area contributed by atoms with Gasteiger partial charge < -0.3 is 10.6 Å². The van der Waals surface area contributed by atoms with E-state index < -0.39 is 0 Å². The van der Waals surface area contributed by atoms with Crippen molar-refractivity contribution in [3.05, 3.63) is 0 Å². The maximum Gasteiger partial charge on any atom is 0.222 e. The summed E-state index contributed by atoms with van der Waals surface area (Å²) in [4.78, 5) is 14.2. The number of amides is 1. The van der Waals surface area contributed by atoms with Crippen molar-refractivity contribution in [2.24, 2.45) is 23.5 Å². The van der Waals surface area contributed by atoms with Crippen LogP contribution in [0.2, 0.25) is 0 Å². The summed E-state index contributed by atoms with van der Waals surface area (Å²) in [6.45, 7) is 9.37. The molecule has 1 aliphatic heterocycles. The highest BCUT2D eigenvalue weighted by molar-refractivity contribution is 5.76. The van der Waals surface area contributed by atoms with E-state index in [1.807, 2.05) is 0 Å². The van der Waals surface area contributed by atoms with Crippen molar-refractivity contribution in [1.29, 1.82) is 0 Å². The number of rotatable bonds is 7. The van der Waals surface area contributed by atoms with Crippen LogP contribution in [-0.2, 0) is 4.79 Å². The first-order valence-electron chi connectivity index (χ1n) is 7.56. The quantitative estimate of drug-likeness (QED) is 0.759. The summed E-state index contributed by atoms with van der Waals surface area (Å²) in [5.41, 5.74) is 5.64. The van der Waals surface area contributed by atoms with Crippen LogP contribution in [0.4, 0.5) is 0 Å². The van der Waals surface area contributed by atoms with Gasteiger partial charge in [0.2, 0.25) is 5.91 Å². The third-order valence-electron chi connectivity index (χ3n) is 4.43. The molecule has 0 aliphatic carbocycles. The van der Waals surface area contributed by atoms with E-state index in [9.17, 15) is 4.79 Å². The number of carbonyl (C=O) groups excluding carboxylic acids is 1. The van der Waals surface area contributed by atoms with Crippen LogP contribution in [0.15, 0.2) is 0 Å². The molecule has 106 valence electrons. The molecule has 0 radical (unpaired) electrons. The predicted molar refractivity (Wildman–Crippen MR) is 76.2 cm³/mol. The van der Waals surface area contributed by atoms with Gasteiger partial charge in [0.25, 0.3) is 0 Å². The van der Waals surface area contributed by atoms with Gasteiger partial charge in [-0.2, -0.15) is 0 Å². The molecule has 0 spiro atoms. The van der Waals surface area contributed by atoms with Crippen LogP contribution in [0.5, 0.6) is 0 Å². The maximum atomic E-state index is 12.1. The minimum atomic E-state index is 0.355. The molecule has 1 amide bonds. The monoisotopic (exact) mass is 254 g/mol. The van der Waals surface area contributed by atoms with Gasteiger partial charge in [-0.1, -0.05) is 27.2 Å². The molecule has 0 bridgehead atoms. The second-order valence-corrected chi connectivity index (χ2v) is 6.02. The fraction of sp³-hybridized carbons (Fsp3) is 0.933. The molecule has 0 aromatic rings. The molecular formula is C15H30N2O. The summed E-state index contributed by atoms with van der Waals surface area (Å²) in [5, 5.41) is 0. The predicted octanol–water partition coefficient (Wildman–Crippen LogP) is 2.65. The van der Waals surface area contributed by atoms with Gasteiger partial charge in [-0.3, -0.25) is 4.79 Å². The lowest BCUT2D eigenvalue weighted by Crippen LogP contribution is -2.29. The van der Waals surface area contributed by atoms with Crippen molar-refractivity contribution in [2.45, 2.75) is 52.9 Å². The van der Waals surface area contributed by atoms with Crippen molar-refractivity contribution in [3.63, 3.8) is 0 Å². The Kier molecular flexibility index (Phi) is 6.69. The zero-order valence-electron chi connectivity index (χ0n) is 12.3. The summed E-state index contributed by atoms with van der Waals surface area (Å²) >= 11 is 0. The molecule has 1 rings (SSSR count). The molecule has 3 nitrogen and oxygen atoms in total. The lowest BCUT2D eigenvalue weighted by atomic mass is 9.88. The molecule has 0 aromatic heterocycles. The van der Waals surface area contributed by atoms with E-state index in [-0.39, 0.29) is 0 Å². The molecule has 1 saturated heterocycles. The van der Waals surface area contributed by atoms with Gasteiger partial charge in [0.05, 0.1) is 0 Å². The zero-order chi connectivity index (χ0) is 13.5. The molecule has 2 N–H and O–H groups in total. The number of nitrogens with two attached hydrogens (primary N) is 1. The Morgan fingerprint density at radius 2 is 2.11 bits per heavy atom. The number of hydrogen-bond donors (Lipinski definition) is 1. The molecule has 2 unspecified atom stereocenters. The van der Waals surface area contributed by atoms with E-state index in [4.69, 9.17) is 5.73 Å². The zero-order valence-corrected chi connectivity index (χ0v) is 12.3. The molecule has 1 aliphatic rings. The Bertz CT molecular complexity index is 253. The summed E-state index contributed by atoms with van der Waals surface area (Å²) in [6.07, 6.45) is 5.15. The Balaban J connectivity index is 2.31. The standard InChI is InChI=1S/C15H30N2O/c1-4-13-8-10-17(11-13)15(18)6-5-14(7-9-16)12(2)3/h12-14H,4-11,16H2,1-3H3. The Hall–Kier alpha value is -0.570. The van der Waals surface area contributed by atoms with Gasteiger partial charge in [0, 0.05) is 19.5 Å². The van der Waals surface area contributed by atoms with E-state index in [1.54, 1.807) is 0 Å². The lowest BCUT2D eigenvalue weighted by Gasteiger charge is -2.22. The van der Waals surface area contributed by atoms with Gasteiger partial charge in [-0.15, -0.1) is 0 Å². The summed E-state index contributed by atoms with van der Waals surface area (Å²) in [6, 6.07) is 0. The van der Waals surface area contributed by atoms with Gasteiger partial charge in [-0.25, -0.2) is 0 Å². The third-order valence-corrected chi connectivity index (χ3v) is 4.43. The molecule has 0 saturated carbocycles. The maximum absolute atomic E-state index is 12.1. The molecular weight excluding hydrogens is 224 g/mol. The largest absolute Gasteiger partial charge is 0.342 e. The first-order valence-corrected chi connectivity index (χ1v) is 7.56. The molecule has 2 atom stereocenters. The van der Waals surface area contributed by atoms with Crippen LogP contribution < -0.4 is 5.73 Å². The number of likely N-dealkylation sites (tertiary alicyclic amines) is 1. The van der Waals surface area contributed by atoms with Crippen LogP contribution in [0, 0.1) is 17.8 Å². The molecule has 18 heavy (non-hydrogen) atoms. The molecule has 0 aromatic carbocycles. The van der Waals surface area contributed by atoms with Crippen molar-refractivity contribution in [1.82, 2.24) is 4.90 Å². The number of hydrogen-bond acceptors (Lipinski definition) is 2. The topological polar surface area (TPSA) is 46.3 Å². The van der Waals surface area contributed by atoms with Gasteiger partial charge >= 0.3 is 0 Å². The average molecular weight is 254 g/mol. The molecule has 1 heterocycles. The van der Waals surface area contributed by atoms with E-state index >= 15 is 0 Å². The van der Waals surface area contributed by atoms with Gasteiger partial charge in [0.1, 0.15) is 0 Å². The SMILES string of the molecule is CCC1CCN(C(=O)CCC(CCN)C(C)C)C1. The van der Waals surface area contributed by atoms with E-state index in [1.165, 1.54) is 12.8 Å². The lowest BCUT2D eigenvalue weighted by molar-refractivity contribution is -0.130. The highest BCUT2D eigenvalue weighted by Crippen LogP contribution is 2.23. The fourth-order valence-electron chi connectivity index (χ4n) is 2.88. The number of carbonyl (C=O) groups is 1. The third kappa shape index (κ3) is 4.60. The fourth-order valence-corrected chi connectivity index (χ4v) is 2.88.